The van der Waals surface area contributed by atoms with E-state index in [1.165, 1.54) is 5.56 Å². The molecule has 1 N–H and O–H groups in total. The molecule has 0 aliphatic heterocycles. The summed E-state index contributed by atoms with van der Waals surface area (Å²) in [5, 5.41) is 0.577. The standard InChI is InChI=1S/C10H12N2OS/c1-3-14(13)10-11-8-5-4-7(2)6-9(8)12-10/h4-6H,3H2,1-2H3,(H,11,12). The molecule has 4 heteroatoms. The summed E-state index contributed by atoms with van der Waals surface area (Å²) in [4.78, 5) is 7.34. The zero-order chi connectivity index (χ0) is 10.1. The van der Waals surface area contributed by atoms with Gasteiger partial charge in [0.15, 0.2) is 5.16 Å². The largest absolute Gasteiger partial charge is 0.331 e. The van der Waals surface area contributed by atoms with Crippen LogP contribution in [-0.2, 0) is 10.8 Å². The molecule has 0 saturated heterocycles. The van der Waals surface area contributed by atoms with E-state index >= 15 is 0 Å². The van der Waals surface area contributed by atoms with Crippen molar-refractivity contribution in [3.05, 3.63) is 23.8 Å². The first-order valence-corrected chi connectivity index (χ1v) is 5.87. The number of aromatic nitrogens is 2. The van der Waals surface area contributed by atoms with E-state index in [2.05, 4.69) is 9.97 Å². The number of H-pyrrole nitrogens is 1. The first-order valence-electron chi connectivity index (χ1n) is 4.55. The van der Waals surface area contributed by atoms with E-state index in [0.29, 0.717) is 10.9 Å². The van der Waals surface area contributed by atoms with E-state index in [0.717, 1.165) is 11.0 Å². The van der Waals surface area contributed by atoms with Gasteiger partial charge in [-0.2, -0.15) is 0 Å². The minimum Gasteiger partial charge on any atom is -0.331 e. The van der Waals surface area contributed by atoms with Gasteiger partial charge in [0.2, 0.25) is 0 Å². The average Bonchev–Trinajstić information content (AvgIpc) is 2.59. The van der Waals surface area contributed by atoms with E-state index in [1.54, 1.807) is 0 Å². The molecule has 2 aromatic rings. The lowest BCUT2D eigenvalue weighted by Gasteiger charge is -1.89. The quantitative estimate of drug-likeness (QED) is 0.820. The Balaban J connectivity index is 2.56. The smallest absolute Gasteiger partial charge is 0.197 e. The van der Waals surface area contributed by atoms with Crippen LogP contribution in [0.25, 0.3) is 11.0 Å². The maximum Gasteiger partial charge on any atom is 0.197 e. The molecule has 0 saturated carbocycles. The fourth-order valence-electron chi connectivity index (χ4n) is 1.34. The third-order valence-electron chi connectivity index (χ3n) is 2.09. The summed E-state index contributed by atoms with van der Waals surface area (Å²) < 4.78 is 11.5. The molecule has 1 aromatic heterocycles. The molecule has 0 aliphatic rings. The Morgan fingerprint density at radius 3 is 3.00 bits per heavy atom. The molecule has 0 spiro atoms. The number of fused-ring (bicyclic) bond motifs is 1. The van der Waals surface area contributed by atoms with Crippen LogP contribution in [0.1, 0.15) is 12.5 Å². The average molecular weight is 208 g/mol. The van der Waals surface area contributed by atoms with Crippen molar-refractivity contribution in [2.75, 3.05) is 5.75 Å². The number of nitrogens with zero attached hydrogens (tertiary/aromatic N) is 1. The molecule has 0 radical (unpaired) electrons. The van der Waals surface area contributed by atoms with Gasteiger partial charge in [-0.05, 0) is 24.6 Å². The summed E-state index contributed by atoms with van der Waals surface area (Å²) in [5.74, 6) is 0.596. The number of hydrogen-bond donors (Lipinski definition) is 1. The van der Waals surface area contributed by atoms with Crippen LogP contribution in [0.15, 0.2) is 23.4 Å². The second kappa shape index (κ2) is 3.53. The minimum absolute atomic E-state index is 0.577. The van der Waals surface area contributed by atoms with E-state index in [4.69, 9.17) is 0 Å². The van der Waals surface area contributed by atoms with Crippen LogP contribution >= 0.6 is 0 Å². The summed E-state index contributed by atoms with van der Waals surface area (Å²) in [7, 11) is -0.996. The highest BCUT2D eigenvalue weighted by Gasteiger charge is 2.07. The summed E-state index contributed by atoms with van der Waals surface area (Å²) >= 11 is 0. The number of hydrogen-bond acceptors (Lipinski definition) is 2. The monoisotopic (exact) mass is 208 g/mol. The molecular weight excluding hydrogens is 196 g/mol. The Morgan fingerprint density at radius 1 is 1.50 bits per heavy atom. The van der Waals surface area contributed by atoms with Gasteiger partial charge < -0.3 is 4.98 Å². The predicted molar refractivity (Wildman–Crippen MR) is 57.8 cm³/mol. The van der Waals surface area contributed by atoms with Gasteiger partial charge in [0, 0.05) is 5.75 Å². The molecule has 0 amide bonds. The van der Waals surface area contributed by atoms with Gasteiger partial charge in [0.05, 0.1) is 21.8 Å². The summed E-state index contributed by atoms with van der Waals surface area (Å²) in [6.45, 7) is 3.91. The number of aromatic amines is 1. The second-order valence-electron chi connectivity index (χ2n) is 3.20. The summed E-state index contributed by atoms with van der Waals surface area (Å²) in [6, 6.07) is 5.96. The van der Waals surface area contributed by atoms with Gasteiger partial charge in [-0.15, -0.1) is 0 Å². The van der Waals surface area contributed by atoms with Crippen molar-refractivity contribution >= 4 is 21.8 Å². The van der Waals surface area contributed by atoms with Crippen LogP contribution in [0.3, 0.4) is 0 Å². The first-order chi connectivity index (χ1) is 6.70. The van der Waals surface area contributed by atoms with Crippen LogP contribution in [0.4, 0.5) is 0 Å². The highest BCUT2D eigenvalue weighted by Crippen LogP contribution is 2.14. The zero-order valence-electron chi connectivity index (χ0n) is 8.20. The summed E-state index contributed by atoms with van der Waals surface area (Å²) in [5.41, 5.74) is 3.02. The van der Waals surface area contributed by atoms with Crippen molar-refractivity contribution < 1.29 is 4.21 Å². The van der Waals surface area contributed by atoms with Crippen LogP contribution in [0.5, 0.6) is 0 Å². The Kier molecular flexibility index (Phi) is 2.37. The molecule has 74 valence electrons. The summed E-state index contributed by atoms with van der Waals surface area (Å²) in [6.07, 6.45) is 0. The second-order valence-corrected chi connectivity index (χ2v) is 4.85. The zero-order valence-corrected chi connectivity index (χ0v) is 9.02. The van der Waals surface area contributed by atoms with Gasteiger partial charge in [-0.1, -0.05) is 13.0 Å². The number of benzene rings is 1. The number of imidazole rings is 1. The normalized spacial score (nSPS) is 13.3. The van der Waals surface area contributed by atoms with Crippen LogP contribution in [0.2, 0.25) is 0 Å². The third-order valence-corrected chi connectivity index (χ3v) is 3.24. The highest BCUT2D eigenvalue weighted by molar-refractivity contribution is 7.84. The highest BCUT2D eigenvalue weighted by atomic mass is 32.2. The third kappa shape index (κ3) is 1.57. The van der Waals surface area contributed by atoms with Gasteiger partial charge >= 0.3 is 0 Å². The maximum atomic E-state index is 11.5. The molecular formula is C10H12N2OS. The van der Waals surface area contributed by atoms with Crippen molar-refractivity contribution in [1.29, 1.82) is 0 Å². The Bertz CT molecular complexity index is 490. The van der Waals surface area contributed by atoms with Crippen LogP contribution in [0, 0.1) is 6.92 Å². The van der Waals surface area contributed by atoms with Gasteiger partial charge in [0.1, 0.15) is 0 Å². The van der Waals surface area contributed by atoms with Crippen molar-refractivity contribution in [1.82, 2.24) is 9.97 Å². The van der Waals surface area contributed by atoms with E-state index in [-0.39, 0.29) is 0 Å². The lowest BCUT2D eigenvalue weighted by atomic mass is 10.2. The fourth-order valence-corrected chi connectivity index (χ4v) is 2.04. The van der Waals surface area contributed by atoms with Gasteiger partial charge in [0.25, 0.3) is 0 Å². The molecule has 1 atom stereocenters. The first kappa shape index (κ1) is 9.40. The SMILES string of the molecule is CCS(=O)c1nc2ccc(C)cc2[nH]1. The predicted octanol–water partition coefficient (Wildman–Crippen LogP) is 2.00. The van der Waals surface area contributed by atoms with E-state index < -0.39 is 10.8 Å². The molecule has 1 heterocycles. The lowest BCUT2D eigenvalue weighted by Crippen LogP contribution is -1.95. The van der Waals surface area contributed by atoms with Crippen LogP contribution < -0.4 is 0 Å². The van der Waals surface area contributed by atoms with Crippen molar-refractivity contribution in [2.45, 2.75) is 19.0 Å². The molecule has 0 fully saturated rings. The van der Waals surface area contributed by atoms with Gasteiger partial charge in [-0.3, -0.25) is 4.21 Å². The van der Waals surface area contributed by atoms with Gasteiger partial charge in [-0.25, -0.2) is 4.98 Å². The number of aryl methyl sites for hydroxylation is 1. The fraction of sp³-hybridized carbons (Fsp3) is 0.300. The maximum absolute atomic E-state index is 11.5. The van der Waals surface area contributed by atoms with Crippen molar-refractivity contribution in [3.63, 3.8) is 0 Å². The van der Waals surface area contributed by atoms with E-state index in [9.17, 15) is 4.21 Å². The van der Waals surface area contributed by atoms with Crippen LogP contribution in [-0.4, -0.2) is 19.9 Å². The minimum atomic E-state index is -0.996. The van der Waals surface area contributed by atoms with E-state index in [1.807, 2.05) is 32.0 Å². The number of rotatable bonds is 2. The van der Waals surface area contributed by atoms with Crippen molar-refractivity contribution in [3.8, 4) is 0 Å². The molecule has 0 aliphatic carbocycles. The number of nitrogens with one attached hydrogen (secondary N) is 1. The molecule has 0 bridgehead atoms. The molecule has 1 aromatic carbocycles. The topological polar surface area (TPSA) is 45.8 Å². The Labute approximate surface area is 85.0 Å². The Morgan fingerprint density at radius 2 is 2.29 bits per heavy atom. The van der Waals surface area contributed by atoms with Crippen molar-refractivity contribution in [2.24, 2.45) is 0 Å². The molecule has 2 rings (SSSR count). The molecule has 1 unspecified atom stereocenters. The Hall–Kier alpha value is -1.16. The lowest BCUT2D eigenvalue weighted by molar-refractivity contribution is 0.679. The molecule has 3 nitrogen and oxygen atoms in total. The molecule has 14 heavy (non-hydrogen) atoms.